The van der Waals surface area contributed by atoms with E-state index in [0.29, 0.717) is 12.1 Å². The molecule has 3 unspecified atom stereocenters. The van der Waals surface area contributed by atoms with E-state index in [2.05, 4.69) is 61.3 Å². The van der Waals surface area contributed by atoms with Crippen molar-refractivity contribution in [3.05, 3.63) is 35.9 Å². The average molecular weight is 308 g/mol. The van der Waals surface area contributed by atoms with E-state index in [9.17, 15) is 4.21 Å². The lowest BCUT2D eigenvalue weighted by Gasteiger charge is -2.45. The minimum atomic E-state index is -0.733. The molecule has 1 aromatic rings. The Morgan fingerprint density at radius 1 is 1.29 bits per heavy atom. The van der Waals surface area contributed by atoms with Crippen molar-refractivity contribution in [2.45, 2.75) is 32.9 Å². The van der Waals surface area contributed by atoms with Gasteiger partial charge in [0.25, 0.3) is 0 Å². The summed E-state index contributed by atoms with van der Waals surface area (Å²) in [5, 5.41) is 3.71. The van der Waals surface area contributed by atoms with Crippen LogP contribution in [0.4, 0.5) is 0 Å². The van der Waals surface area contributed by atoms with Crippen molar-refractivity contribution in [1.29, 1.82) is 0 Å². The van der Waals surface area contributed by atoms with Crippen LogP contribution in [0.5, 0.6) is 0 Å². The van der Waals surface area contributed by atoms with Crippen molar-refractivity contribution in [3.63, 3.8) is 0 Å². The average Bonchev–Trinajstić information content (AvgIpc) is 2.44. The van der Waals surface area contributed by atoms with E-state index < -0.39 is 10.8 Å². The van der Waals surface area contributed by atoms with Crippen molar-refractivity contribution >= 4 is 10.8 Å². The molecule has 0 spiro atoms. The molecular formula is C17H28N2OS. The maximum atomic E-state index is 11.5. The van der Waals surface area contributed by atoms with Crippen molar-refractivity contribution < 1.29 is 4.21 Å². The van der Waals surface area contributed by atoms with E-state index in [0.717, 1.165) is 25.4 Å². The predicted octanol–water partition coefficient (Wildman–Crippen LogP) is 2.43. The molecule has 1 fully saturated rings. The first-order chi connectivity index (χ1) is 9.88. The quantitative estimate of drug-likeness (QED) is 0.927. The molecule has 1 aromatic carbocycles. The number of hydrogen-bond donors (Lipinski definition) is 1. The highest BCUT2D eigenvalue weighted by molar-refractivity contribution is 7.84. The van der Waals surface area contributed by atoms with Gasteiger partial charge in [-0.25, -0.2) is 0 Å². The Morgan fingerprint density at radius 2 is 1.95 bits per heavy atom. The van der Waals surface area contributed by atoms with Crippen LogP contribution in [0, 0.1) is 5.41 Å². The lowest BCUT2D eigenvalue weighted by atomic mass is 9.84. The SMILES string of the molecule is CS(=O)CCN1CC(C(C)(C)C)NCC1c1ccccc1. The lowest BCUT2D eigenvalue weighted by molar-refractivity contribution is 0.0911. The normalized spacial score (nSPS) is 25.7. The summed E-state index contributed by atoms with van der Waals surface area (Å²) in [6.07, 6.45) is 1.79. The summed E-state index contributed by atoms with van der Waals surface area (Å²) < 4.78 is 11.5. The zero-order valence-corrected chi connectivity index (χ0v) is 14.5. The largest absolute Gasteiger partial charge is 0.310 e. The van der Waals surface area contributed by atoms with Gasteiger partial charge in [-0.2, -0.15) is 0 Å². The highest BCUT2D eigenvalue weighted by atomic mass is 32.2. The summed E-state index contributed by atoms with van der Waals surface area (Å²) in [5.41, 5.74) is 1.59. The molecule has 21 heavy (non-hydrogen) atoms. The monoisotopic (exact) mass is 308 g/mol. The third kappa shape index (κ3) is 4.63. The van der Waals surface area contributed by atoms with Crippen LogP contribution in [-0.4, -0.2) is 46.8 Å². The van der Waals surface area contributed by atoms with E-state index in [-0.39, 0.29) is 5.41 Å². The lowest BCUT2D eigenvalue weighted by Crippen LogP contribution is -2.57. The van der Waals surface area contributed by atoms with E-state index in [1.165, 1.54) is 5.56 Å². The van der Waals surface area contributed by atoms with E-state index in [1.54, 1.807) is 6.26 Å². The van der Waals surface area contributed by atoms with Gasteiger partial charge in [-0.15, -0.1) is 0 Å². The van der Waals surface area contributed by atoms with Crippen molar-refractivity contribution in [2.75, 3.05) is 31.6 Å². The molecule has 0 bridgehead atoms. The second-order valence-electron chi connectivity index (χ2n) is 7.03. The Labute approximate surface area is 131 Å². The first-order valence-corrected chi connectivity index (χ1v) is 9.43. The van der Waals surface area contributed by atoms with E-state index >= 15 is 0 Å². The molecule has 1 heterocycles. The zero-order valence-electron chi connectivity index (χ0n) is 13.6. The van der Waals surface area contributed by atoms with Crippen LogP contribution in [0.25, 0.3) is 0 Å². The molecule has 3 nitrogen and oxygen atoms in total. The second-order valence-corrected chi connectivity index (χ2v) is 8.58. The maximum absolute atomic E-state index is 11.5. The highest BCUT2D eigenvalue weighted by Crippen LogP contribution is 2.29. The molecule has 2 rings (SSSR count). The standard InChI is InChI=1S/C17H28N2OS/c1-17(2,3)16-13-19(10-11-21(4)20)15(12-18-16)14-8-6-5-7-9-14/h5-9,15-16,18H,10-13H2,1-4H3. The molecule has 4 heteroatoms. The Kier molecular flexibility index (Phi) is 5.58. The molecule has 1 N–H and O–H groups in total. The minimum Gasteiger partial charge on any atom is -0.310 e. The van der Waals surface area contributed by atoms with Gasteiger partial charge in [0.15, 0.2) is 0 Å². The minimum absolute atomic E-state index is 0.241. The van der Waals surface area contributed by atoms with Crippen LogP contribution in [0.15, 0.2) is 30.3 Å². The number of nitrogens with one attached hydrogen (secondary N) is 1. The Balaban J connectivity index is 2.14. The first-order valence-electron chi connectivity index (χ1n) is 7.70. The molecular weight excluding hydrogens is 280 g/mol. The Morgan fingerprint density at radius 3 is 2.52 bits per heavy atom. The highest BCUT2D eigenvalue weighted by Gasteiger charge is 2.34. The van der Waals surface area contributed by atoms with Crippen LogP contribution >= 0.6 is 0 Å². The smallest absolute Gasteiger partial charge is 0.0473 e. The van der Waals surface area contributed by atoms with Gasteiger partial charge in [-0.05, 0) is 11.0 Å². The zero-order chi connectivity index (χ0) is 15.5. The second kappa shape index (κ2) is 7.03. The molecule has 0 aliphatic carbocycles. The number of rotatable bonds is 4. The van der Waals surface area contributed by atoms with Gasteiger partial charge in [0.1, 0.15) is 0 Å². The Bertz CT molecular complexity index is 469. The molecule has 3 atom stereocenters. The van der Waals surface area contributed by atoms with E-state index in [1.807, 2.05) is 0 Å². The number of piperazine rings is 1. The predicted molar refractivity (Wildman–Crippen MR) is 90.9 cm³/mol. The van der Waals surface area contributed by atoms with Gasteiger partial charge in [0.05, 0.1) is 0 Å². The van der Waals surface area contributed by atoms with Crippen molar-refractivity contribution in [3.8, 4) is 0 Å². The van der Waals surface area contributed by atoms with Gasteiger partial charge in [0, 0.05) is 54.5 Å². The van der Waals surface area contributed by atoms with Gasteiger partial charge in [-0.3, -0.25) is 9.11 Å². The summed E-state index contributed by atoms with van der Waals surface area (Å²) in [5.74, 6) is 0.750. The van der Waals surface area contributed by atoms with Crippen LogP contribution in [0.2, 0.25) is 0 Å². The number of hydrogen-bond acceptors (Lipinski definition) is 3. The molecule has 0 aromatic heterocycles. The van der Waals surface area contributed by atoms with Gasteiger partial charge >= 0.3 is 0 Å². The summed E-state index contributed by atoms with van der Waals surface area (Å²) in [6.45, 7) is 9.72. The fourth-order valence-corrected chi connectivity index (χ4v) is 3.38. The summed E-state index contributed by atoms with van der Waals surface area (Å²) >= 11 is 0. The number of benzene rings is 1. The van der Waals surface area contributed by atoms with Crippen LogP contribution < -0.4 is 5.32 Å². The summed E-state index contributed by atoms with van der Waals surface area (Å²) in [7, 11) is -0.733. The Hall–Kier alpha value is -0.710. The molecule has 1 aliphatic heterocycles. The molecule has 1 saturated heterocycles. The van der Waals surface area contributed by atoms with Gasteiger partial charge in [-0.1, -0.05) is 51.1 Å². The third-order valence-corrected chi connectivity index (χ3v) is 5.07. The fraction of sp³-hybridized carbons (Fsp3) is 0.647. The first kappa shape index (κ1) is 16.7. The third-order valence-electron chi connectivity index (χ3n) is 4.31. The molecule has 1 aliphatic rings. The van der Waals surface area contributed by atoms with Crippen molar-refractivity contribution in [1.82, 2.24) is 10.2 Å². The molecule has 0 radical (unpaired) electrons. The van der Waals surface area contributed by atoms with Crippen LogP contribution in [0.1, 0.15) is 32.4 Å². The summed E-state index contributed by atoms with van der Waals surface area (Å²) in [6, 6.07) is 11.5. The number of nitrogens with zero attached hydrogens (tertiary/aromatic N) is 1. The topological polar surface area (TPSA) is 32.3 Å². The molecule has 0 saturated carbocycles. The van der Waals surface area contributed by atoms with Gasteiger partial charge in [0.2, 0.25) is 0 Å². The van der Waals surface area contributed by atoms with Crippen LogP contribution in [-0.2, 0) is 10.8 Å². The molecule has 118 valence electrons. The molecule has 0 amide bonds. The maximum Gasteiger partial charge on any atom is 0.0473 e. The van der Waals surface area contributed by atoms with Gasteiger partial charge < -0.3 is 5.32 Å². The summed E-state index contributed by atoms with van der Waals surface area (Å²) in [4.78, 5) is 2.50. The van der Waals surface area contributed by atoms with Crippen molar-refractivity contribution in [2.24, 2.45) is 5.41 Å². The fourth-order valence-electron chi connectivity index (χ4n) is 2.89. The van der Waals surface area contributed by atoms with Crippen LogP contribution in [0.3, 0.4) is 0 Å². The van der Waals surface area contributed by atoms with E-state index in [4.69, 9.17) is 0 Å².